The average molecular weight is 323 g/mol. The number of halogens is 2. The molecule has 2 aromatic rings. The maximum absolute atomic E-state index is 14.0. The topological polar surface area (TPSA) is 75.0 Å². The lowest BCUT2D eigenvalue weighted by molar-refractivity contribution is 0.238. The van der Waals surface area contributed by atoms with Crippen LogP contribution >= 0.6 is 11.6 Å². The summed E-state index contributed by atoms with van der Waals surface area (Å²) in [5.41, 5.74) is 7.92. The molecule has 3 N–H and O–H groups in total. The Morgan fingerprint density at radius 2 is 2.27 bits per heavy atom. The third-order valence-corrected chi connectivity index (χ3v) is 4.45. The summed E-state index contributed by atoms with van der Waals surface area (Å²) in [5, 5.41) is 0.440. The first kappa shape index (κ1) is 15.0. The third-order valence-electron chi connectivity index (χ3n) is 3.93. The molecule has 116 valence electrons. The maximum atomic E-state index is 14.0. The van der Waals surface area contributed by atoms with Gasteiger partial charge in [-0.05, 0) is 18.6 Å². The lowest BCUT2D eigenvalue weighted by Crippen LogP contribution is -2.35. The highest BCUT2D eigenvalue weighted by molar-refractivity contribution is 6.32. The summed E-state index contributed by atoms with van der Waals surface area (Å²) >= 11 is 6.21. The van der Waals surface area contributed by atoms with Gasteiger partial charge in [0.05, 0.1) is 16.3 Å². The number of aryl methyl sites for hydroxylation is 1. The molecule has 2 heterocycles. The minimum Gasteiger partial charge on any atom is -0.369 e. The number of hydrogen-bond acceptors (Lipinski definition) is 4. The van der Waals surface area contributed by atoms with Gasteiger partial charge in [0.2, 0.25) is 5.95 Å². The van der Waals surface area contributed by atoms with Crippen molar-refractivity contribution in [2.24, 2.45) is 0 Å². The molecule has 3 rings (SSSR count). The molecule has 5 nitrogen and oxygen atoms in total. The van der Waals surface area contributed by atoms with Crippen molar-refractivity contribution < 1.29 is 4.39 Å². The molecule has 1 aliphatic heterocycles. The number of nitrogens with one attached hydrogen (secondary N) is 1. The standard InChI is InChI=1S/C15H16ClFN4O/c1-8-2-3-11(17)9(13(8)16)6-21-5-4-12-10(7-21)14(22)20-15(18)19-12/h2-3H,4-7H2,1H3,(H3,18,19,20,22). The third kappa shape index (κ3) is 2.71. The number of rotatable bonds is 2. The molecule has 0 aliphatic carbocycles. The smallest absolute Gasteiger partial charge is 0.257 e. The predicted octanol–water partition coefficient (Wildman–Crippen LogP) is 2.01. The van der Waals surface area contributed by atoms with Crippen LogP contribution in [0.4, 0.5) is 10.3 Å². The average Bonchev–Trinajstić information content (AvgIpc) is 2.48. The fourth-order valence-corrected chi connectivity index (χ4v) is 2.93. The Morgan fingerprint density at radius 1 is 1.50 bits per heavy atom. The number of nitrogen functional groups attached to an aromatic ring is 1. The number of hydrogen-bond donors (Lipinski definition) is 2. The van der Waals surface area contributed by atoms with E-state index in [4.69, 9.17) is 17.3 Å². The van der Waals surface area contributed by atoms with Crippen LogP contribution in [0.15, 0.2) is 16.9 Å². The van der Waals surface area contributed by atoms with Gasteiger partial charge in [0.25, 0.3) is 5.56 Å². The zero-order valence-electron chi connectivity index (χ0n) is 12.1. The van der Waals surface area contributed by atoms with E-state index in [9.17, 15) is 9.18 Å². The van der Waals surface area contributed by atoms with Crippen molar-refractivity contribution in [3.05, 3.63) is 55.7 Å². The Balaban J connectivity index is 1.88. The number of nitrogens with zero attached hydrogens (tertiary/aromatic N) is 2. The molecule has 0 atom stereocenters. The summed E-state index contributed by atoms with van der Waals surface area (Å²) in [6.07, 6.45) is 0.606. The Kier molecular flexibility index (Phi) is 3.88. The molecule has 0 saturated heterocycles. The van der Waals surface area contributed by atoms with Crippen molar-refractivity contribution in [2.45, 2.75) is 26.4 Å². The summed E-state index contributed by atoms with van der Waals surface area (Å²) in [5.74, 6) is -0.198. The molecule has 0 amide bonds. The van der Waals surface area contributed by atoms with Crippen molar-refractivity contribution in [2.75, 3.05) is 12.3 Å². The molecule has 0 unspecified atom stereocenters. The van der Waals surface area contributed by atoms with Gasteiger partial charge in [-0.25, -0.2) is 9.37 Å². The molecule has 1 aliphatic rings. The minimum atomic E-state index is -0.328. The van der Waals surface area contributed by atoms with Crippen molar-refractivity contribution in [3.63, 3.8) is 0 Å². The van der Waals surface area contributed by atoms with Crippen molar-refractivity contribution >= 4 is 17.5 Å². The molecular weight excluding hydrogens is 307 g/mol. The van der Waals surface area contributed by atoms with Crippen LogP contribution in [0.5, 0.6) is 0 Å². The maximum Gasteiger partial charge on any atom is 0.257 e. The summed E-state index contributed by atoms with van der Waals surface area (Å²) < 4.78 is 14.0. The van der Waals surface area contributed by atoms with E-state index in [1.807, 2.05) is 11.8 Å². The summed E-state index contributed by atoms with van der Waals surface area (Å²) in [6, 6.07) is 3.08. The Morgan fingerprint density at radius 3 is 3.05 bits per heavy atom. The van der Waals surface area contributed by atoms with Crippen LogP contribution in [-0.4, -0.2) is 21.4 Å². The first-order valence-electron chi connectivity index (χ1n) is 6.99. The van der Waals surface area contributed by atoms with Gasteiger partial charge in [0.15, 0.2) is 0 Å². The van der Waals surface area contributed by atoms with Crippen molar-refractivity contribution in [3.8, 4) is 0 Å². The Hall–Kier alpha value is -1.92. The highest BCUT2D eigenvalue weighted by atomic mass is 35.5. The molecule has 0 bridgehead atoms. The van der Waals surface area contributed by atoms with E-state index in [0.717, 1.165) is 5.56 Å². The first-order valence-corrected chi connectivity index (χ1v) is 7.37. The Bertz CT molecular complexity index is 790. The number of aromatic amines is 1. The van der Waals surface area contributed by atoms with Crippen LogP contribution < -0.4 is 11.3 Å². The highest BCUT2D eigenvalue weighted by Crippen LogP contribution is 2.26. The van der Waals surface area contributed by atoms with Crippen LogP contribution in [-0.2, 0) is 19.5 Å². The molecule has 1 aromatic carbocycles. The van der Waals surface area contributed by atoms with Gasteiger partial charge in [-0.15, -0.1) is 0 Å². The predicted molar refractivity (Wildman–Crippen MR) is 83.2 cm³/mol. The van der Waals surface area contributed by atoms with Crippen molar-refractivity contribution in [1.29, 1.82) is 0 Å². The zero-order valence-corrected chi connectivity index (χ0v) is 12.9. The number of H-pyrrole nitrogens is 1. The first-order chi connectivity index (χ1) is 10.5. The van der Waals surface area contributed by atoms with E-state index in [-0.39, 0.29) is 17.3 Å². The summed E-state index contributed by atoms with van der Waals surface area (Å²) in [4.78, 5) is 20.6. The lowest BCUT2D eigenvalue weighted by Gasteiger charge is -2.28. The molecular formula is C15H16ClFN4O. The lowest BCUT2D eigenvalue weighted by atomic mass is 10.0. The number of anilines is 1. The number of benzene rings is 1. The second kappa shape index (κ2) is 5.70. The second-order valence-electron chi connectivity index (χ2n) is 5.49. The normalized spacial score (nSPS) is 14.9. The van der Waals surface area contributed by atoms with Gasteiger partial charge in [-0.3, -0.25) is 14.7 Å². The van der Waals surface area contributed by atoms with Gasteiger partial charge in [-0.2, -0.15) is 0 Å². The molecule has 7 heteroatoms. The van der Waals surface area contributed by atoms with E-state index in [1.54, 1.807) is 6.07 Å². The molecule has 0 spiro atoms. The molecule has 0 saturated carbocycles. The van der Waals surface area contributed by atoms with Crippen LogP contribution in [0, 0.1) is 12.7 Å². The minimum absolute atomic E-state index is 0.130. The van der Waals surface area contributed by atoms with Crippen LogP contribution in [0.2, 0.25) is 5.02 Å². The van der Waals surface area contributed by atoms with E-state index < -0.39 is 0 Å². The highest BCUT2D eigenvalue weighted by Gasteiger charge is 2.22. The second-order valence-corrected chi connectivity index (χ2v) is 5.87. The number of aromatic nitrogens is 2. The molecule has 0 radical (unpaired) electrons. The molecule has 0 fully saturated rings. The van der Waals surface area contributed by atoms with Gasteiger partial charge < -0.3 is 5.73 Å². The Labute approximate surface area is 131 Å². The van der Waals surface area contributed by atoms with Crippen LogP contribution in [0.25, 0.3) is 0 Å². The van der Waals surface area contributed by atoms with Gasteiger partial charge in [0, 0.05) is 31.6 Å². The molecule has 22 heavy (non-hydrogen) atoms. The van der Waals surface area contributed by atoms with Crippen LogP contribution in [0.3, 0.4) is 0 Å². The van der Waals surface area contributed by atoms with E-state index in [0.29, 0.717) is 47.9 Å². The van der Waals surface area contributed by atoms with Gasteiger partial charge in [0.1, 0.15) is 5.82 Å². The largest absolute Gasteiger partial charge is 0.369 e. The van der Waals surface area contributed by atoms with Gasteiger partial charge in [-0.1, -0.05) is 17.7 Å². The van der Waals surface area contributed by atoms with E-state index >= 15 is 0 Å². The quantitative estimate of drug-likeness (QED) is 0.887. The molecule has 1 aromatic heterocycles. The summed E-state index contributed by atoms with van der Waals surface area (Å²) in [7, 11) is 0. The van der Waals surface area contributed by atoms with Gasteiger partial charge >= 0.3 is 0 Å². The zero-order chi connectivity index (χ0) is 15.9. The fraction of sp³-hybridized carbons (Fsp3) is 0.333. The van der Waals surface area contributed by atoms with Crippen LogP contribution in [0.1, 0.15) is 22.4 Å². The number of nitrogens with two attached hydrogens (primary N) is 1. The SMILES string of the molecule is Cc1ccc(F)c(CN2CCc3nc(N)[nH]c(=O)c3C2)c1Cl. The van der Waals surface area contributed by atoms with Crippen molar-refractivity contribution in [1.82, 2.24) is 14.9 Å². The summed E-state index contributed by atoms with van der Waals surface area (Å²) in [6.45, 7) is 3.28. The monoisotopic (exact) mass is 322 g/mol. The van der Waals surface area contributed by atoms with E-state index in [1.165, 1.54) is 6.07 Å². The number of fused-ring (bicyclic) bond motifs is 1. The van der Waals surface area contributed by atoms with E-state index in [2.05, 4.69) is 9.97 Å². The fourth-order valence-electron chi connectivity index (χ4n) is 2.72.